The first-order valence-corrected chi connectivity index (χ1v) is 7.60. The van der Waals surface area contributed by atoms with Crippen molar-refractivity contribution in [2.75, 3.05) is 12.4 Å². The van der Waals surface area contributed by atoms with Gasteiger partial charge in [0.1, 0.15) is 22.3 Å². The molecule has 0 saturated carbocycles. The number of benzene rings is 1. The van der Waals surface area contributed by atoms with Crippen molar-refractivity contribution in [2.24, 2.45) is 0 Å². The monoisotopic (exact) mass is 301 g/mol. The fourth-order valence-corrected chi connectivity index (χ4v) is 3.09. The van der Waals surface area contributed by atoms with Gasteiger partial charge in [-0.15, -0.1) is 11.3 Å². The van der Waals surface area contributed by atoms with Crippen LogP contribution in [-0.4, -0.2) is 17.0 Å². The van der Waals surface area contributed by atoms with Crippen LogP contribution < -0.4 is 5.32 Å². The highest BCUT2D eigenvalue weighted by Gasteiger charge is 2.27. The summed E-state index contributed by atoms with van der Waals surface area (Å²) in [5.74, 6) is 1.32. The Labute approximate surface area is 126 Å². The summed E-state index contributed by atoms with van der Waals surface area (Å²) in [5.41, 5.74) is 0.596. The Kier molecular flexibility index (Phi) is 3.37. The van der Waals surface area contributed by atoms with E-state index in [4.69, 9.17) is 0 Å². The van der Waals surface area contributed by atoms with Gasteiger partial charge in [-0.3, -0.25) is 0 Å². The number of hydrogen-bond donors (Lipinski definition) is 1. The van der Waals surface area contributed by atoms with Crippen molar-refractivity contribution in [2.45, 2.75) is 19.3 Å². The molecule has 0 saturated heterocycles. The molecule has 1 aromatic carbocycles. The average molecular weight is 301 g/mol. The molecular formula is C16H16FN3S. The van der Waals surface area contributed by atoms with E-state index in [0.29, 0.717) is 0 Å². The third-order valence-electron chi connectivity index (χ3n) is 3.69. The van der Waals surface area contributed by atoms with Crippen LogP contribution in [0.2, 0.25) is 0 Å². The van der Waals surface area contributed by atoms with Crippen molar-refractivity contribution < 1.29 is 4.39 Å². The van der Waals surface area contributed by atoms with E-state index in [-0.39, 0.29) is 5.82 Å². The second-order valence-corrected chi connectivity index (χ2v) is 6.31. The lowest BCUT2D eigenvalue weighted by atomic mass is 9.83. The van der Waals surface area contributed by atoms with E-state index in [9.17, 15) is 4.39 Å². The first kappa shape index (κ1) is 13.9. The maximum atomic E-state index is 13.1. The highest BCUT2D eigenvalue weighted by molar-refractivity contribution is 7.16. The molecule has 0 bridgehead atoms. The van der Waals surface area contributed by atoms with E-state index in [0.717, 1.165) is 27.4 Å². The molecule has 0 amide bonds. The van der Waals surface area contributed by atoms with Crippen LogP contribution in [0.5, 0.6) is 0 Å². The van der Waals surface area contributed by atoms with Crippen molar-refractivity contribution in [3.05, 3.63) is 52.9 Å². The van der Waals surface area contributed by atoms with Gasteiger partial charge >= 0.3 is 0 Å². The van der Waals surface area contributed by atoms with Gasteiger partial charge in [-0.2, -0.15) is 0 Å². The third kappa shape index (κ3) is 2.38. The van der Waals surface area contributed by atoms with Crippen molar-refractivity contribution in [1.82, 2.24) is 9.97 Å². The Morgan fingerprint density at radius 3 is 2.48 bits per heavy atom. The summed E-state index contributed by atoms with van der Waals surface area (Å²) in [6.07, 6.45) is 0. The smallest absolute Gasteiger partial charge is 0.142 e. The zero-order valence-corrected chi connectivity index (χ0v) is 13.0. The summed E-state index contributed by atoms with van der Waals surface area (Å²) >= 11 is 1.59. The Bertz CT molecular complexity index is 778. The lowest BCUT2D eigenvalue weighted by molar-refractivity contribution is 0.587. The quantitative estimate of drug-likeness (QED) is 0.788. The molecule has 5 heteroatoms. The standard InChI is InChI=1S/C16H16FN3S/c1-16(2,10-4-6-11(17)7-5-10)15-19-13(18-3)12-8-9-21-14(12)20-15/h4-9H,1-3H3,(H,18,19,20). The molecule has 0 aliphatic heterocycles. The molecule has 108 valence electrons. The summed E-state index contributed by atoms with van der Waals surface area (Å²) < 4.78 is 13.1. The molecule has 21 heavy (non-hydrogen) atoms. The van der Waals surface area contributed by atoms with Gasteiger partial charge < -0.3 is 5.32 Å². The van der Waals surface area contributed by atoms with Crippen LogP contribution in [0.25, 0.3) is 10.2 Å². The maximum Gasteiger partial charge on any atom is 0.142 e. The van der Waals surface area contributed by atoms with E-state index in [1.807, 2.05) is 18.5 Å². The molecule has 0 fully saturated rings. The number of hydrogen-bond acceptors (Lipinski definition) is 4. The summed E-state index contributed by atoms with van der Waals surface area (Å²) in [6, 6.07) is 8.53. The van der Waals surface area contributed by atoms with Gasteiger partial charge in [0.15, 0.2) is 0 Å². The van der Waals surface area contributed by atoms with Crippen LogP contribution in [0, 0.1) is 5.82 Å². The minimum Gasteiger partial charge on any atom is -0.372 e. The van der Waals surface area contributed by atoms with Crippen molar-refractivity contribution in [3.8, 4) is 0 Å². The molecule has 1 N–H and O–H groups in total. The Morgan fingerprint density at radius 2 is 1.81 bits per heavy atom. The minimum absolute atomic E-state index is 0.236. The number of rotatable bonds is 3. The lowest BCUT2D eigenvalue weighted by Crippen LogP contribution is -2.23. The number of halogens is 1. The zero-order chi connectivity index (χ0) is 15.0. The van der Waals surface area contributed by atoms with Gasteiger partial charge in [-0.25, -0.2) is 14.4 Å². The average Bonchev–Trinajstić information content (AvgIpc) is 2.95. The SMILES string of the molecule is CNc1nc(C(C)(C)c2ccc(F)cc2)nc2sccc12. The number of nitrogens with one attached hydrogen (secondary N) is 1. The highest BCUT2D eigenvalue weighted by atomic mass is 32.1. The second-order valence-electron chi connectivity index (χ2n) is 5.42. The molecule has 0 unspecified atom stereocenters. The van der Waals surface area contributed by atoms with Crippen LogP contribution in [0.3, 0.4) is 0 Å². The fourth-order valence-electron chi connectivity index (χ4n) is 2.32. The Morgan fingerprint density at radius 1 is 1.10 bits per heavy atom. The maximum absolute atomic E-state index is 13.1. The van der Waals surface area contributed by atoms with E-state index in [1.54, 1.807) is 23.5 Å². The van der Waals surface area contributed by atoms with Gasteiger partial charge in [0.05, 0.1) is 5.39 Å². The van der Waals surface area contributed by atoms with E-state index in [1.165, 1.54) is 12.1 Å². The summed E-state index contributed by atoms with van der Waals surface area (Å²) in [6.45, 7) is 4.10. The van der Waals surface area contributed by atoms with Gasteiger partial charge in [-0.05, 0) is 43.0 Å². The van der Waals surface area contributed by atoms with Crippen LogP contribution in [0.15, 0.2) is 35.7 Å². The molecule has 0 spiro atoms. The summed E-state index contributed by atoms with van der Waals surface area (Å²) in [5, 5.41) is 6.16. The molecule has 0 atom stereocenters. The topological polar surface area (TPSA) is 37.8 Å². The molecule has 3 rings (SSSR count). The number of thiophene rings is 1. The molecule has 2 aromatic heterocycles. The zero-order valence-electron chi connectivity index (χ0n) is 12.1. The Balaban J connectivity index is 2.15. The highest BCUT2D eigenvalue weighted by Crippen LogP contribution is 2.33. The summed E-state index contributed by atoms with van der Waals surface area (Å²) in [4.78, 5) is 10.3. The van der Waals surface area contributed by atoms with Crippen LogP contribution in [0.1, 0.15) is 25.2 Å². The first-order valence-electron chi connectivity index (χ1n) is 6.72. The van der Waals surface area contributed by atoms with Crippen molar-refractivity contribution in [3.63, 3.8) is 0 Å². The largest absolute Gasteiger partial charge is 0.372 e. The van der Waals surface area contributed by atoms with E-state index < -0.39 is 5.41 Å². The van der Waals surface area contributed by atoms with E-state index >= 15 is 0 Å². The normalized spacial score (nSPS) is 11.8. The third-order valence-corrected chi connectivity index (χ3v) is 4.49. The van der Waals surface area contributed by atoms with Gasteiger partial charge in [0, 0.05) is 12.5 Å². The predicted octanol–water partition coefficient (Wildman–Crippen LogP) is 4.20. The fraction of sp³-hybridized carbons (Fsp3) is 0.250. The Hall–Kier alpha value is -2.01. The molecule has 3 aromatic rings. The summed E-state index contributed by atoms with van der Waals surface area (Å²) in [7, 11) is 1.86. The molecule has 2 heterocycles. The predicted molar refractivity (Wildman–Crippen MR) is 85.5 cm³/mol. The molecule has 3 nitrogen and oxygen atoms in total. The van der Waals surface area contributed by atoms with Gasteiger partial charge in [-0.1, -0.05) is 12.1 Å². The van der Waals surface area contributed by atoms with Crippen LogP contribution in [0.4, 0.5) is 10.2 Å². The van der Waals surface area contributed by atoms with Crippen LogP contribution >= 0.6 is 11.3 Å². The van der Waals surface area contributed by atoms with Crippen molar-refractivity contribution >= 4 is 27.4 Å². The molecular weight excluding hydrogens is 285 g/mol. The molecule has 0 aliphatic rings. The van der Waals surface area contributed by atoms with Crippen molar-refractivity contribution in [1.29, 1.82) is 0 Å². The van der Waals surface area contributed by atoms with Crippen LogP contribution in [-0.2, 0) is 5.41 Å². The molecule has 0 aliphatic carbocycles. The van der Waals surface area contributed by atoms with E-state index in [2.05, 4.69) is 29.1 Å². The molecule has 0 radical (unpaired) electrons. The minimum atomic E-state index is -0.391. The second kappa shape index (κ2) is 5.07. The first-order chi connectivity index (χ1) is 10.0. The lowest BCUT2D eigenvalue weighted by Gasteiger charge is -2.24. The number of aromatic nitrogens is 2. The van der Waals surface area contributed by atoms with Gasteiger partial charge in [0.2, 0.25) is 0 Å². The number of fused-ring (bicyclic) bond motifs is 1. The number of anilines is 1. The number of nitrogens with zero attached hydrogens (tertiary/aromatic N) is 2. The van der Waals surface area contributed by atoms with Gasteiger partial charge in [0.25, 0.3) is 0 Å².